The van der Waals surface area contributed by atoms with E-state index in [-0.39, 0.29) is 24.6 Å². The van der Waals surface area contributed by atoms with Crippen molar-refractivity contribution in [2.45, 2.75) is 36.6 Å². The summed E-state index contributed by atoms with van der Waals surface area (Å²) >= 11 is 0. The lowest BCUT2D eigenvalue weighted by Crippen LogP contribution is -2.57. The fourth-order valence-electron chi connectivity index (χ4n) is 6.73. The number of ether oxygens (including phenoxy) is 6. The van der Waals surface area contributed by atoms with Crippen molar-refractivity contribution in [2.75, 3.05) is 39.8 Å². The molecule has 5 aromatic rings. The number of carbonyl (C=O) groups is 2. The molecule has 13 heteroatoms. The highest BCUT2D eigenvalue weighted by Gasteiger charge is 2.63. The zero-order valence-corrected chi connectivity index (χ0v) is 30.0. The molecule has 4 atom stereocenters. The third-order valence-corrected chi connectivity index (χ3v) is 9.28. The van der Waals surface area contributed by atoms with Crippen molar-refractivity contribution in [3.8, 4) is 11.5 Å². The van der Waals surface area contributed by atoms with Crippen LogP contribution >= 0.6 is 0 Å². The largest absolute Gasteiger partial charge is 0.497 e. The summed E-state index contributed by atoms with van der Waals surface area (Å²) < 4.78 is 36.6. The van der Waals surface area contributed by atoms with E-state index in [1.165, 1.54) is 24.4 Å². The summed E-state index contributed by atoms with van der Waals surface area (Å²) in [4.78, 5) is 44.8. The lowest BCUT2D eigenvalue weighted by atomic mass is 9.80. The Morgan fingerprint density at radius 1 is 0.852 bits per heavy atom. The Labute approximate surface area is 311 Å². The average molecular weight is 736 g/mol. The predicted molar refractivity (Wildman–Crippen MR) is 197 cm³/mol. The molecule has 2 heterocycles. The van der Waals surface area contributed by atoms with Crippen molar-refractivity contribution in [3.63, 3.8) is 0 Å². The van der Waals surface area contributed by atoms with Crippen molar-refractivity contribution in [1.82, 2.24) is 9.55 Å². The van der Waals surface area contributed by atoms with Gasteiger partial charge in [-0.25, -0.2) is 9.59 Å². The number of nitrogens with zero attached hydrogens (tertiary/aromatic N) is 2. The van der Waals surface area contributed by atoms with Gasteiger partial charge >= 0.3 is 11.7 Å². The van der Waals surface area contributed by atoms with Crippen LogP contribution in [-0.4, -0.2) is 78.8 Å². The standard InChI is InChI=1S/C41H41N3O10/c1-4-51-35(45)26-52-38-36(46)33(54-41(38,37(47)27-11-7-5-8-12-27)44-24-23-34(42)43-39(44)48)25-53-40(28-13-9-6-10-14-28,29-15-19-31(49-2)20-16-29)30-17-21-32(50-3)22-18-30/h5-24,33,36,38,46H,4,25-26H2,1-3H3,(H2,42,43,48)/t33-,36-,38-,41-/m1/s1. The molecule has 0 unspecified atom stereocenters. The van der Waals surface area contributed by atoms with Gasteiger partial charge in [-0.05, 0) is 53.9 Å². The summed E-state index contributed by atoms with van der Waals surface area (Å²) in [7, 11) is 3.15. The van der Waals surface area contributed by atoms with Gasteiger partial charge in [-0.15, -0.1) is 0 Å². The van der Waals surface area contributed by atoms with Crippen LogP contribution < -0.4 is 20.9 Å². The minimum absolute atomic E-state index is 0.0656. The number of anilines is 1. The second kappa shape index (κ2) is 16.4. The summed E-state index contributed by atoms with van der Waals surface area (Å²) in [5.41, 5.74) is 3.45. The van der Waals surface area contributed by atoms with Crippen molar-refractivity contribution in [1.29, 1.82) is 0 Å². The number of aliphatic hydroxyl groups excluding tert-OH is 1. The Bertz CT molecular complexity index is 2050. The van der Waals surface area contributed by atoms with Gasteiger partial charge in [0, 0.05) is 11.8 Å². The molecule has 1 saturated heterocycles. The van der Waals surface area contributed by atoms with Crippen LogP contribution in [-0.2, 0) is 35.1 Å². The van der Waals surface area contributed by atoms with Gasteiger partial charge in [-0.1, -0.05) is 84.9 Å². The summed E-state index contributed by atoms with van der Waals surface area (Å²) in [5, 5.41) is 12.1. The second-order valence-corrected chi connectivity index (χ2v) is 12.4. The van der Waals surface area contributed by atoms with Gasteiger partial charge in [0.25, 0.3) is 0 Å². The van der Waals surface area contributed by atoms with Crippen LogP contribution in [0, 0.1) is 0 Å². The molecular formula is C41H41N3O10. The van der Waals surface area contributed by atoms with Crippen LogP contribution in [0.5, 0.6) is 11.5 Å². The van der Waals surface area contributed by atoms with E-state index < -0.39 is 53.7 Å². The third kappa shape index (κ3) is 7.22. The fraction of sp³-hybridized carbons (Fsp3) is 0.268. The maximum absolute atomic E-state index is 14.7. The summed E-state index contributed by atoms with van der Waals surface area (Å²) in [6.07, 6.45) is -3.37. The Hall–Kier alpha value is -5.86. The summed E-state index contributed by atoms with van der Waals surface area (Å²) in [6, 6.07) is 33.6. The first-order valence-corrected chi connectivity index (χ1v) is 17.2. The molecule has 13 nitrogen and oxygen atoms in total. The number of ketones is 1. The molecule has 0 aliphatic carbocycles. The van der Waals surface area contributed by atoms with Gasteiger partial charge in [0.05, 0.1) is 27.4 Å². The van der Waals surface area contributed by atoms with Crippen molar-refractivity contribution in [2.24, 2.45) is 0 Å². The number of aliphatic hydroxyl groups is 1. The maximum Gasteiger partial charge on any atom is 0.352 e. The molecule has 3 N–H and O–H groups in total. The number of nitrogens with two attached hydrogens (primary N) is 1. The number of Topliss-reactive ketones (excluding diaryl/α,β-unsaturated/α-hetero) is 1. The zero-order chi connectivity index (χ0) is 38.3. The molecule has 0 radical (unpaired) electrons. The minimum Gasteiger partial charge on any atom is -0.497 e. The van der Waals surface area contributed by atoms with E-state index in [0.717, 1.165) is 10.1 Å². The molecule has 0 bridgehead atoms. The van der Waals surface area contributed by atoms with Crippen molar-refractivity contribution < 1.29 is 43.1 Å². The topological polar surface area (TPSA) is 171 Å². The first-order chi connectivity index (χ1) is 26.2. The van der Waals surface area contributed by atoms with Crippen LogP contribution in [0.25, 0.3) is 0 Å². The maximum atomic E-state index is 14.7. The molecule has 1 aliphatic rings. The second-order valence-electron chi connectivity index (χ2n) is 12.4. The van der Waals surface area contributed by atoms with E-state index >= 15 is 0 Å². The highest BCUT2D eigenvalue weighted by Crippen LogP contribution is 2.45. The first kappa shape index (κ1) is 37.9. The number of aromatic nitrogens is 2. The average Bonchev–Trinajstić information content (AvgIpc) is 3.49. The minimum atomic E-state index is -2.38. The number of nitrogen functional groups attached to an aromatic ring is 1. The molecule has 280 valence electrons. The van der Waals surface area contributed by atoms with E-state index in [9.17, 15) is 19.5 Å². The summed E-state index contributed by atoms with van der Waals surface area (Å²) in [6.45, 7) is 0.676. The first-order valence-electron chi connectivity index (χ1n) is 17.2. The molecule has 0 spiro atoms. The number of rotatable bonds is 15. The highest BCUT2D eigenvalue weighted by atomic mass is 16.6. The van der Waals surface area contributed by atoms with Crippen LogP contribution in [0.4, 0.5) is 5.82 Å². The monoisotopic (exact) mass is 735 g/mol. The van der Waals surface area contributed by atoms with Gasteiger partial charge < -0.3 is 39.3 Å². The van der Waals surface area contributed by atoms with E-state index in [1.807, 2.05) is 78.9 Å². The molecule has 1 fully saturated rings. The number of hydrogen-bond acceptors (Lipinski definition) is 12. The van der Waals surface area contributed by atoms with E-state index in [2.05, 4.69) is 4.98 Å². The molecular weight excluding hydrogens is 694 g/mol. The summed E-state index contributed by atoms with van der Waals surface area (Å²) in [5.74, 6) is -0.355. The Kier molecular flexibility index (Phi) is 11.5. The molecule has 1 aromatic heterocycles. The fourth-order valence-corrected chi connectivity index (χ4v) is 6.73. The molecule has 54 heavy (non-hydrogen) atoms. The van der Waals surface area contributed by atoms with Crippen LogP contribution in [0.3, 0.4) is 0 Å². The van der Waals surface area contributed by atoms with Gasteiger partial charge in [0.1, 0.15) is 47.8 Å². The van der Waals surface area contributed by atoms with Crippen LogP contribution in [0.2, 0.25) is 0 Å². The zero-order valence-electron chi connectivity index (χ0n) is 30.0. The number of hydrogen-bond donors (Lipinski definition) is 2. The van der Waals surface area contributed by atoms with Crippen molar-refractivity contribution in [3.05, 3.63) is 154 Å². The van der Waals surface area contributed by atoms with Crippen LogP contribution in [0.15, 0.2) is 126 Å². The number of benzene rings is 4. The van der Waals surface area contributed by atoms with Crippen molar-refractivity contribution >= 4 is 17.6 Å². The highest BCUT2D eigenvalue weighted by molar-refractivity contribution is 6.01. The molecule has 0 amide bonds. The third-order valence-electron chi connectivity index (χ3n) is 9.28. The van der Waals surface area contributed by atoms with E-state index in [4.69, 9.17) is 34.2 Å². The van der Waals surface area contributed by atoms with Gasteiger partial charge in [0.15, 0.2) is 0 Å². The Morgan fingerprint density at radius 2 is 1.41 bits per heavy atom. The number of methoxy groups -OCH3 is 2. The van der Waals surface area contributed by atoms with E-state index in [0.29, 0.717) is 22.6 Å². The Morgan fingerprint density at radius 3 is 1.94 bits per heavy atom. The van der Waals surface area contributed by atoms with Gasteiger partial charge in [0.2, 0.25) is 11.5 Å². The van der Waals surface area contributed by atoms with E-state index in [1.54, 1.807) is 39.3 Å². The molecule has 1 aliphatic heterocycles. The molecule has 4 aromatic carbocycles. The predicted octanol–water partition coefficient (Wildman–Crippen LogP) is 4.10. The normalized spacial score (nSPS) is 19.6. The van der Waals surface area contributed by atoms with Crippen LogP contribution in [0.1, 0.15) is 34.0 Å². The molecule has 6 rings (SSSR count). The molecule has 0 saturated carbocycles. The number of carbonyl (C=O) groups excluding carboxylic acids is 2. The Balaban J connectivity index is 1.50. The van der Waals surface area contributed by atoms with Gasteiger partial charge in [-0.3, -0.25) is 9.36 Å². The number of esters is 1. The quantitative estimate of drug-likeness (QED) is 0.0898. The van der Waals surface area contributed by atoms with Gasteiger partial charge in [-0.2, -0.15) is 4.98 Å². The lowest BCUT2D eigenvalue weighted by Gasteiger charge is -2.37. The lowest BCUT2D eigenvalue weighted by molar-refractivity contribution is -0.163. The SMILES string of the molecule is CCOC(=O)CO[C@@H]1[C@H](O)[C@@H](COC(c2ccccc2)(c2ccc(OC)cc2)c2ccc(OC)cc2)O[C@@]1(C(=O)c1ccccc1)n1ccc(N)nc1=O. The smallest absolute Gasteiger partial charge is 0.352 e.